The van der Waals surface area contributed by atoms with Gasteiger partial charge in [-0.25, -0.2) is 4.98 Å². The van der Waals surface area contributed by atoms with Crippen molar-refractivity contribution in [2.24, 2.45) is 5.73 Å². The van der Waals surface area contributed by atoms with Crippen molar-refractivity contribution in [1.29, 1.82) is 5.26 Å². The van der Waals surface area contributed by atoms with Crippen LogP contribution in [0, 0.1) is 11.3 Å². The Hall–Kier alpha value is -1.81. The molecule has 1 aliphatic carbocycles. The zero-order valence-electron chi connectivity index (χ0n) is 9.33. The van der Waals surface area contributed by atoms with Gasteiger partial charge in [-0.1, -0.05) is 0 Å². The molecule has 7 heteroatoms. The standard InChI is InChI=1S/C11H11F3N4/c12-11(13,14)9-2-1-6(5-15)10(18-9)17-8-3-7(16)4-8/h1-2,7-8H,3-4,16H2,(H,17,18). The van der Waals surface area contributed by atoms with Crippen LogP contribution in [0.3, 0.4) is 0 Å². The molecule has 96 valence electrons. The maximum absolute atomic E-state index is 12.5. The summed E-state index contributed by atoms with van der Waals surface area (Å²) in [4.78, 5) is 3.46. The Bertz CT molecular complexity index is 486. The minimum absolute atomic E-state index is 0.0110. The maximum atomic E-state index is 12.5. The number of nitriles is 1. The molecule has 0 aromatic carbocycles. The fourth-order valence-corrected chi connectivity index (χ4v) is 1.79. The van der Waals surface area contributed by atoms with E-state index in [0.29, 0.717) is 12.8 Å². The first kappa shape index (κ1) is 12.6. The number of nitrogens with one attached hydrogen (secondary N) is 1. The molecular weight excluding hydrogens is 245 g/mol. The maximum Gasteiger partial charge on any atom is 0.433 e. The number of rotatable bonds is 2. The summed E-state index contributed by atoms with van der Waals surface area (Å²) in [5.74, 6) is -0.0239. The lowest BCUT2D eigenvalue weighted by Crippen LogP contribution is -2.44. The van der Waals surface area contributed by atoms with Gasteiger partial charge in [-0.2, -0.15) is 18.4 Å². The van der Waals surface area contributed by atoms with Crippen molar-refractivity contribution in [1.82, 2.24) is 4.98 Å². The van der Waals surface area contributed by atoms with E-state index in [1.54, 1.807) is 0 Å². The largest absolute Gasteiger partial charge is 0.433 e. The third-order valence-corrected chi connectivity index (χ3v) is 2.82. The van der Waals surface area contributed by atoms with E-state index in [4.69, 9.17) is 11.0 Å². The quantitative estimate of drug-likeness (QED) is 0.847. The molecule has 3 N–H and O–H groups in total. The number of anilines is 1. The van der Waals surface area contributed by atoms with Gasteiger partial charge in [0.1, 0.15) is 17.6 Å². The van der Waals surface area contributed by atoms with E-state index in [-0.39, 0.29) is 23.5 Å². The molecule has 1 aromatic heterocycles. The van der Waals surface area contributed by atoms with Crippen molar-refractivity contribution in [3.8, 4) is 6.07 Å². The smallest absolute Gasteiger partial charge is 0.366 e. The third kappa shape index (κ3) is 2.54. The van der Waals surface area contributed by atoms with Gasteiger partial charge in [-0.05, 0) is 25.0 Å². The highest BCUT2D eigenvalue weighted by atomic mass is 19.4. The second-order valence-corrected chi connectivity index (χ2v) is 4.27. The number of pyridine rings is 1. The lowest BCUT2D eigenvalue weighted by Gasteiger charge is -2.33. The number of hydrogen-bond acceptors (Lipinski definition) is 4. The molecular formula is C11H11F3N4. The Morgan fingerprint density at radius 1 is 1.39 bits per heavy atom. The average molecular weight is 256 g/mol. The van der Waals surface area contributed by atoms with Gasteiger partial charge >= 0.3 is 6.18 Å². The summed E-state index contributed by atoms with van der Waals surface area (Å²) in [6.45, 7) is 0. The van der Waals surface area contributed by atoms with Crippen LogP contribution in [-0.4, -0.2) is 17.1 Å². The van der Waals surface area contributed by atoms with Crippen LogP contribution in [0.4, 0.5) is 19.0 Å². The van der Waals surface area contributed by atoms with E-state index in [2.05, 4.69) is 10.3 Å². The van der Waals surface area contributed by atoms with Gasteiger partial charge in [-0.15, -0.1) is 0 Å². The van der Waals surface area contributed by atoms with Crippen LogP contribution in [0.1, 0.15) is 24.1 Å². The highest BCUT2D eigenvalue weighted by molar-refractivity contribution is 5.53. The predicted octanol–water partition coefficient (Wildman–Crippen LogP) is 1.87. The Labute approximate surface area is 102 Å². The molecule has 4 nitrogen and oxygen atoms in total. The van der Waals surface area contributed by atoms with E-state index in [9.17, 15) is 13.2 Å². The lowest BCUT2D eigenvalue weighted by atomic mass is 9.87. The summed E-state index contributed by atoms with van der Waals surface area (Å²) in [7, 11) is 0. The lowest BCUT2D eigenvalue weighted by molar-refractivity contribution is -0.141. The van der Waals surface area contributed by atoms with Gasteiger partial charge in [0.25, 0.3) is 0 Å². The molecule has 0 spiro atoms. The van der Waals surface area contributed by atoms with Gasteiger partial charge in [0.2, 0.25) is 0 Å². The van der Waals surface area contributed by atoms with Crippen LogP contribution >= 0.6 is 0 Å². The van der Waals surface area contributed by atoms with E-state index in [1.165, 1.54) is 0 Å². The summed E-state index contributed by atoms with van der Waals surface area (Å²) >= 11 is 0. The average Bonchev–Trinajstić information content (AvgIpc) is 2.25. The molecule has 0 radical (unpaired) electrons. The van der Waals surface area contributed by atoms with E-state index in [1.807, 2.05) is 6.07 Å². The molecule has 1 saturated carbocycles. The van der Waals surface area contributed by atoms with Crippen molar-refractivity contribution < 1.29 is 13.2 Å². The molecule has 1 heterocycles. The predicted molar refractivity (Wildman–Crippen MR) is 58.6 cm³/mol. The number of halogens is 3. The van der Waals surface area contributed by atoms with Gasteiger partial charge < -0.3 is 11.1 Å². The summed E-state index contributed by atoms with van der Waals surface area (Å²) in [5, 5.41) is 11.7. The molecule has 0 bridgehead atoms. The van der Waals surface area contributed by atoms with Crippen molar-refractivity contribution in [3.63, 3.8) is 0 Å². The van der Waals surface area contributed by atoms with E-state index in [0.717, 1.165) is 12.1 Å². The zero-order chi connectivity index (χ0) is 13.3. The first-order chi connectivity index (χ1) is 8.40. The van der Waals surface area contributed by atoms with Gasteiger partial charge in [0, 0.05) is 12.1 Å². The molecule has 0 amide bonds. The van der Waals surface area contributed by atoms with E-state index < -0.39 is 11.9 Å². The van der Waals surface area contributed by atoms with Crippen LogP contribution < -0.4 is 11.1 Å². The molecule has 1 aliphatic rings. The topological polar surface area (TPSA) is 74.7 Å². The van der Waals surface area contributed by atoms with Gasteiger partial charge in [0.15, 0.2) is 0 Å². The SMILES string of the molecule is N#Cc1ccc(C(F)(F)F)nc1NC1CC(N)C1. The highest BCUT2D eigenvalue weighted by Gasteiger charge is 2.34. The van der Waals surface area contributed by atoms with Crippen LogP contribution in [0.15, 0.2) is 12.1 Å². The number of hydrogen-bond donors (Lipinski definition) is 2. The molecule has 0 atom stereocenters. The molecule has 1 aromatic rings. The minimum Gasteiger partial charge on any atom is -0.366 e. The number of nitrogens with zero attached hydrogens (tertiary/aromatic N) is 2. The van der Waals surface area contributed by atoms with Crippen molar-refractivity contribution in [2.75, 3.05) is 5.32 Å². The zero-order valence-corrected chi connectivity index (χ0v) is 9.33. The van der Waals surface area contributed by atoms with Crippen molar-refractivity contribution in [3.05, 3.63) is 23.4 Å². The highest BCUT2D eigenvalue weighted by Crippen LogP contribution is 2.30. The first-order valence-electron chi connectivity index (χ1n) is 5.40. The Morgan fingerprint density at radius 2 is 2.06 bits per heavy atom. The monoisotopic (exact) mass is 256 g/mol. The van der Waals surface area contributed by atoms with Crippen LogP contribution in [-0.2, 0) is 6.18 Å². The summed E-state index contributed by atoms with van der Waals surface area (Å²) in [5.41, 5.74) is 4.68. The normalized spacial score (nSPS) is 23.1. The summed E-state index contributed by atoms with van der Waals surface area (Å²) in [6.07, 6.45) is -3.17. The van der Waals surface area contributed by atoms with E-state index >= 15 is 0 Å². The molecule has 0 unspecified atom stereocenters. The van der Waals surface area contributed by atoms with Crippen LogP contribution in [0.5, 0.6) is 0 Å². The third-order valence-electron chi connectivity index (χ3n) is 2.82. The molecule has 2 rings (SSSR count). The molecule has 1 fully saturated rings. The second kappa shape index (κ2) is 4.46. The second-order valence-electron chi connectivity index (χ2n) is 4.27. The first-order valence-corrected chi connectivity index (χ1v) is 5.40. The van der Waals surface area contributed by atoms with Crippen molar-refractivity contribution >= 4 is 5.82 Å². The molecule has 0 saturated heterocycles. The Kier molecular flexibility index (Phi) is 3.13. The van der Waals surface area contributed by atoms with Gasteiger partial charge in [-0.3, -0.25) is 0 Å². The van der Waals surface area contributed by atoms with Crippen LogP contribution in [0.25, 0.3) is 0 Å². The fourth-order valence-electron chi connectivity index (χ4n) is 1.79. The van der Waals surface area contributed by atoms with Crippen molar-refractivity contribution in [2.45, 2.75) is 31.1 Å². The number of aromatic nitrogens is 1. The number of alkyl halides is 3. The minimum atomic E-state index is -4.51. The van der Waals surface area contributed by atoms with Crippen LogP contribution in [0.2, 0.25) is 0 Å². The number of nitrogens with two attached hydrogens (primary N) is 1. The summed E-state index contributed by atoms with van der Waals surface area (Å²) in [6, 6.07) is 3.80. The molecule has 0 aliphatic heterocycles. The fraction of sp³-hybridized carbons (Fsp3) is 0.455. The summed E-state index contributed by atoms with van der Waals surface area (Å²) < 4.78 is 37.5. The van der Waals surface area contributed by atoms with Gasteiger partial charge in [0.05, 0.1) is 5.56 Å². The Morgan fingerprint density at radius 3 is 2.56 bits per heavy atom. The Balaban J connectivity index is 2.23. The molecule has 18 heavy (non-hydrogen) atoms.